The summed E-state index contributed by atoms with van der Waals surface area (Å²) in [5.74, 6) is -3.43. The van der Waals surface area contributed by atoms with Crippen LogP contribution in [0, 0.1) is 0 Å². The van der Waals surface area contributed by atoms with Gasteiger partial charge in [-0.2, -0.15) is 13.2 Å². The Bertz CT molecular complexity index is 1170. The van der Waals surface area contributed by atoms with Crippen LogP contribution in [-0.2, 0) is 15.7 Å². The molecule has 0 N–H and O–H groups in total. The molecule has 164 valence electrons. The lowest BCUT2D eigenvalue weighted by atomic mass is 10.2. The van der Waals surface area contributed by atoms with Gasteiger partial charge in [-0.05, 0) is 38.1 Å². The van der Waals surface area contributed by atoms with Gasteiger partial charge in [0.2, 0.25) is 11.2 Å². The van der Waals surface area contributed by atoms with Crippen LogP contribution in [0.4, 0.5) is 13.2 Å². The summed E-state index contributed by atoms with van der Waals surface area (Å²) in [6, 6.07) is 9.39. The van der Waals surface area contributed by atoms with Gasteiger partial charge in [0.1, 0.15) is 17.1 Å². The number of alkyl halides is 3. The molecule has 0 amide bonds. The first-order valence-electron chi connectivity index (χ1n) is 9.05. The minimum atomic E-state index is -5.03. The van der Waals surface area contributed by atoms with Crippen LogP contribution in [0.3, 0.4) is 0 Å². The summed E-state index contributed by atoms with van der Waals surface area (Å²) in [6.07, 6.45) is -6.05. The number of halogens is 4. The Morgan fingerprint density at radius 3 is 2.55 bits per heavy atom. The van der Waals surface area contributed by atoms with E-state index in [1.54, 1.807) is 13.0 Å². The first kappa shape index (κ1) is 22.5. The van der Waals surface area contributed by atoms with Crippen molar-refractivity contribution in [2.45, 2.75) is 26.1 Å². The molecule has 0 aliphatic carbocycles. The summed E-state index contributed by atoms with van der Waals surface area (Å²) in [7, 11) is 0. The van der Waals surface area contributed by atoms with Crippen LogP contribution in [0.15, 0.2) is 51.7 Å². The van der Waals surface area contributed by atoms with Crippen molar-refractivity contribution in [1.82, 2.24) is 0 Å². The van der Waals surface area contributed by atoms with Crippen LogP contribution >= 0.6 is 11.6 Å². The predicted octanol–water partition coefficient (Wildman–Crippen LogP) is 5.59. The lowest BCUT2D eigenvalue weighted by Crippen LogP contribution is -2.26. The van der Waals surface area contributed by atoms with Crippen molar-refractivity contribution >= 4 is 28.5 Å². The Kier molecular flexibility index (Phi) is 6.45. The second-order valence-electron chi connectivity index (χ2n) is 6.29. The number of esters is 1. The van der Waals surface area contributed by atoms with Crippen molar-refractivity contribution in [2.24, 2.45) is 0 Å². The average molecular weight is 457 g/mol. The van der Waals surface area contributed by atoms with Gasteiger partial charge in [0.25, 0.3) is 5.76 Å². The van der Waals surface area contributed by atoms with Crippen LogP contribution in [0.25, 0.3) is 11.0 Å². The van der Waals surface area contributed by atoms with Crippen molar-refractivity contribution < 1.29 is 36.6 Å². The Labute approximate surface area is 179 Å². The van der Waals surface area contributed by atoms with E-state index < -0.39 is 40.8 Å². The van der Waals surface area contributed by atoms with E-state index in [9.17, 15) is 22.8 Å². The Morgan fingerprint density at radius 2 is 1.90 bits per heavy atom. The molecule has 0 radical (unpaired) electrons. The van der Waals surface area contributed by atoms with E-state index in [0.29, 0.717) is 0 Å². The van der Waals surface area contributed by atoms with E-state index >= 15 is 0 Å². The summed E-state index contributed by atoms with van der Waals surface area (Å²) in [4.78, 5) is 24.5. The first-order chi connectivity index (χ1) is 14.6. The smallest absolute Gasteiger partial charge is 0.453 e. The quantitative estimate of drug-likeness (QED) is 0.450. The summed E-state index contributed by atoms with van der Waals surface area (Å²) in [5, 5.41) is -0.155. The van der Waals surface area contributed by atoms with E-state index in [-0.39, 0.29) is 28.5 Å². The summed E-state index contributed by atoms with van der Waals surface area (Å²) in [6.45, 7) is 3.18. The molecule has 3 rings (SSSR count). The highest BCUT2D eigenvalue weighted by molar-refractivity contribution is 6.32. The molecule has 0 aliphatic heterocycles. The van der Waals surface area contributed by atoms with Crippen molar-refractivity contribution in [2.75, 3.05) is 6.61 Å². The fourth-order valence-corrected chi connectivity index (χ4v) is 2.83. The van der Waals surface area contributed by atoms with Crippen molar-refractivity contribution in [1.29, 1.82) is 0 Å². The molecule has 1 atom stereocenters. The largest absolute Gasteiger partial charge is 0.479 e. The summed E-state index contributed by atoms with van der Waals surface area (Å²) in [5.41, 5.74) is -1.43. The second-order valence-corrected chi connectivity index (χ2v) is 6.70. The fraction of sp³-hybridized carbons (Fsp3) is 0.238. The monoisotopic (exact) mass is 456 g/mol. The molecular formula is C21H16ClF3O6. The maximum Gasteiger partial charge on any atom is 0.453 e. The number of fused-ring (bicyclic) bond motifs is 1. The minimum absolute atomic E-state index is 0.0177. The lowest BCUT2D eigenvalue weighted by molar-refractivity contribution is -0.154. The SMILES string of the molecule is CCOC(=O)C(C)Oc1ccc2c(=O)c(Oc3ccccc3Cl)c(C(F)(F)F)oc2c1. The van der Waals surface area contributed by atoms with Gasteiger partial charge in [-0.3, -0.25) is 4.79 Å². The van der Waals surface area contributed by atoms with Crippen molar-refractivity contribution in [3.05, 3.63) is 63.5 Å². The minimum Gasteiger partial charge on any atom is -0.479 e. The third-order valence-electron chi connectivity index (χ3n) is 4.06. The second kappa shape index (κ2) is 8.89. The van der Waals surface area contributed by atoms with Gasteiger partial charge in [-0.15, -0.1) is 0 Å². The standard InChI is InChI=1S/C21H16ClF3O6/c1-3-28-20(27)11(2)29-12-8-9-13-16(10-12)31-19(21(23,24)25)18(17(13)26)30-15-7-5-4-6-14(15)22/h4-11H,3H2,1-2H3. The molecule has 0 bridgehead atoms. The van der Waals surface area contributed by atoms with Gasteiger partial charge in [0, 0.05) is 6.07 Å². The van der Waals surface area contributed by atoms with Crippen LogP contribution in [0.5, 0.6) is 17.2 Å². The highest BCUT2D eigenvalue weighted by Crippen LogP contribution is 2.39. The zero-order valence-corrected chi connectivity index (χ0v) is 17.0. The molecule has 10 heteroatoms. The summed E-state index contributed by atoms with van der Waals surface area (Å²) < 4.78 is 61.3. The van der Waals surface area contributed by atoms with Gasteiger partial charge >= 0.3 is 12.1 Å². The van der Waals surface area contributed by atoms with Crippen LogP contribution < -0.4 is 14.9 Å². The van der Waals surface area contributed by atoms with Gasteiger partial charge in [-0.1, -0.05) is 23.7 Å². The number of carbonyl (C=O) groups excluding carboxylic acids is 1. The molecule has 31 heavy (non-hydrogen) atoms. The number of carbonyl (C=O) groups is 1. The van der Waals surface area contributed by atoms with E-state index in [1.807, 2.05) is 0 Å². The third kappa shape index (κ3) is 4.93. The van der Waals surface area contributed by atoms with Gasteiger partial charge in [-0.25, -0.2) is 4.79 Å². The van der Waals surface area contributed by atoms with E-state index in [4.69, 9.17) is 30.2 Å². The number of para-hydroxylation sites is 1. The van der Waals surface area contributed by atoms with Crippen molar-refractivity contribution in [3.63, 3.8) is 0 Å². The number of hydrogen-bond acceptors (Lipinski definition) is 6. The molecule has 0 saturated heterocycles. The van der Waals surface area contributed by atoms with Gasteiger partial charge < -0.3 is 18.6 Å². The molecule has 0 aliphatic rings. The third-order valence-corrected chi connectivity index (χ3v) is 4.37. The molecule has 6 nitrogen and oxygen atoms in total. The molecular weight excluding hydrogens is 441 g/mol. The van der Waals surface area contributed by atoms with E-state index in [2.05, 4.69) is 0 Å². The summed E-state index contributed by atoms with van der Waals surface area (Å²) >= 11 is 5.94. The highest BCUT2D eigenvalue weighted by atomic mass is 35.5. The lowest BCUT2D eigenvalue weighted by Gasteiger charge is -2.15. The molecule has 0 fully saturated rings. The Morgan fingerprint density at radius 1 is 1.19 bits per heavy atom. The molecule has 1 aromatic heterocycles. The maximum absolute atomic E-state index is 13.6. The van der Waals surface area contributed by atoms with Crippen LogP contribution in [-0.4, -0.2) is 18.7 Å². The maximum atomic E-state index is 13.6. The topological polar surface area (TPSA) is 75.0 Å². The first-order valence-corrected chi connectivity index (χ1v) is 9.43. The Hall–Kier alpha value is -3.20. The van der Waals surface area contributed by atoms with Crippen LogP contribution in [0.2, 0.25) is 5.02 Å². The molecule has 3 aromatic rings. The van der Waals surface area contributed by atoms with Gasteiger partial charge in [0.05, 0.1) is 17.0 Å². The number of benzene rings is 2. The van der Waals surface area contributed by atoms with E-state index in [1.165, 1.54) is 37.3 Å². The normalized spacial score (nSPS) is 12.5. The fourth-order valence-electron chi connectivity index (χ4n) is 2.66. The highest BCUT2D eigenvalue weighted by Gasteiger charge is 2.40. The van der Waals surface area contributed by atoms with E-state index in [0.717, 1.165) is 6.07 Å². The molecule has 0 saturated carbocycles. The number of hydrogen-bond donors (Lipinski definition) is 0. The van der Waals surface area contributed by atoms with Gasteiger partial charge in [0.15, 0.2) is 6.10 Å². The predicted molar refractivity (Wildman–Crippen MR) is 106 cm³/mol. The average Bonchev–Trinajstić information content (AvgIpc) is 2.70. The number of rotatable bonds is 6. The number of ether oxygens (including phenoxy) is 3. The Balaban J connectivity index is 2.08. The van der Waals surface area contributed by atoms with Crippen LogP contribution in [0.1, 0.15) is 19.6 Å². The molecule has 2 aromatic carbocycles. The zero-order chi connectivity index (χ0) is 22.8. The van der Waals surface area contributed by atoms with Crippen molar-refractivity contribution in [3.8, 4) is 17.2 Å². The molecule has 0 spiro atoms. The zero-order valence-electron chi connectivity index (χ0n) is 16.3. The molecule has 1 heterocycles. The molecule has 1 unspecified atom stereocenters.